The summed E-state index contributed by atoms with van der Waals surface area (Å²) in [6.45, 7) is 4.22. The number of nitrogens with zero attached hydrogens (tertiary/aromatic N) is 2. The van der Waals surface area contributed by atoms with E-state index in [1.54, 1.807) is 0 Å². The van der Waals surface area contributed by atoms with Crippen LogP contribution in [0, 0.1) is 0 Å². The number of piperidine rings is 1. The van der Waals surface area contributed by atoms with Crippen LogP contribution in [0.25, 0.3) is 0 Å². The van der Waals surface area contributed by atoms with E-state index in [0.717, 1.165) is 56.5 Å². The molecule has 1 atom stereocenters. The topological polar surface area (TPSA) is 70.4 Å². The molecule has 1 unspecified atom stereocenters. The van der Waals surface area contributed by atoms with Crippen molar-refractivity contribution in [1.82, 2.24) is 20.1 Å². The van der Waals surface area contributed by atoms with Crippen molar-refractivity contribution in [2.75, 3.05) is 26.2 Å². The van der Waals surface area contributed by atoms with Crippen LogP contribution < -0.4 is 10.6 Å². The highest BCUT2D eigenvalue weighted by molar-refractivity contribution is 7.97. The summed E-state index contributed by atoms with van der Waals surface area (Å²) in [7, 11) is 0. The van der Waals surface area contributed by atoms with Crippen molar-refractivity contribution in [2.45, 2.75) is 49.3 Å². The number of nitrogens with one attached hydrogen (secondary N) is 2. The maximum Gasteiger partial charge on any atom is 0.273 e. The first-order chi connectivity index (χ1) is 11.3. The van der Waals surface area contributed by atoms with Crippen LogP contribution in [0.5, 0.6) is 0 Å². The lowest BCUT2D eigenvalue weighted by atomic mass is 10.2. The van der Waals surface area contributed by atoms with E-state index in [-0.39, 0.29) is 11.9 Å². The number of hydrogen-bond donors (Lipinski definition) is 2. The van der Waals surface area contributed by atoms with E-state index in [1.165, 1.54) is 12.8 Å². The lowest BCUT2D eigenvalue weighted by molar-refractivity contribution is 0.0930. The molecule has 6 nitrogen and oxygen atoms in total. The number of aromatic nitrogens is 1. The quantitative estimate of drug-likeness (QED) is 0.799. The van der Waals surface area contributed by atoms with Crippen LogP contribution in [-0.4, -0.2) is 52.8 Å². The molecule has 0 aromatic carbocycles. The molecule has 0 bridgehead atoms. The Balaban J connectivity index is 1.25. The van der Waals surface area contributed by atoms with Gasteiger partial charge in [0.2, 0.25) is 0 Å². The van der Waals surface area contributed by atoms with E-state index in [9.17, 15) is 4.79 Å². The highest BCUT2D eigenvalue weighted by atomic mass is 32.2. The normalized spacial score (nSPS) is 26.5. The summed E-state index contributed by atoms with van der Waals surface area (Å²) < 4.78 is 7.68. The molecule has 1 aromatic heterocycles. The number of carbonyl (C=O) groups is 1. The van der Waals surface area contributed by atoms with Crippen molar-refractivity contribution in [3.05, 3.63) is 17.5 Å². The third-order valence-corrected chi connectivity index (χ3v) is 6.21. The molecule has 1 aromatic rings. The second kappa shape index (κ2) is 6.83. The fourth-order valence-electron chi connectivity index (χ4n) is 3.27. The largest absolute Gasteiger partial charge is 0.360 e. The number of carbonyl (C=O) groups excluding carboxylic acids is 1. The fraction of sp³-hybridized carbons (Fsp3) is 0.750. The molecule has 7 heteroatoms. The van der Waals surface area contributed by atoms with Crippen molar-refractivity contribution in [3.8, 4) is 0 Å². The van der Waals surface area contributed by atoms with Gasteiger partial charge in [0.15, 0.2) is 5.69 Å². The summed E-state index contributed by atoms with van der Waals surface area (Å²) in [6, 6.07) is 2.03. The van der Waals surface area contributed by atoms with Crippen LogP contribution in [0.3, 0.4) is 0 Å². The highest BCUT2D eigenvalue weighted by Gasteiger charge is 2.31. The molecular weight excluding hydrogens is 312 g/mol. The molecule has 1 saturated carbocycles. The van der Waals surface area contributed by atoms with Crippen LogP contribution >= 0.6 is 11.9 Å². The monoisotopic (exact) mass is 336 g/mol. The second-order valence-corrected chi connectivity index (χ2v) is 8.18. The van der Waals surface area contributed by atoms with Gasteiger partial charge in [0, 0.05) is 36.4 Å². The van der Waals surface area contributed by atoms with Crippen LogP contribution in [0.2, 0.25) is 0 Å². The summed E-state index contributed by atoms with van der Waals surface area (Å²) in [5.41, 5.74) is 0.427. The SMILES string of the molecule is O=C(NC1CCN(SC2CCNCC2)C1)c1cc(C2CC2)on1. The third kappa shape index (κ3) is 3.89. The Morgan fingerprint density at radius 1 is 1.30 bits per heavy atom. The number of amides is 1. The molecule has 3 heterocycles. The number of rotatable bonds is 5. The van der Waals surface area contributed by atoms with Crippen LogP contribution in [0.15, 0.2) is 10.6 Å². The minimum absolute atomic E-state index is 0.0978. The van der Waals surface area contributed by atoms with Crippen LogP contribution in [0.4, 0.5) is 0 Å². The van der Waals surface area contributed by atoms with Crippen molar-refractivity contribution >= 4 is 17.9 Å². The van der Waals surface area contributed by atoms with Gasteiger partial charge in [-0.1, -0.05) is 17.1 Å². The minimum atomic E-state index is -0.0978. The zero-order valence-corrected chi connectivity index (χ0v) is 14.1. The van der Waals surface area contributed by atoms with Crippen molar-refractivity contribution in [3.63, 3.8) is 0 Å². The zero-order chi connectivity index (χ0) is 15.6. The van der Waals surface area contributed by atoms with Crippen LogP contribution in [-0.2, 0) is 0 Å². The predicted octanol–water partition coefficient (Wildman–Crippen LogP) is 1.76. The summed E-state index contributed by atoms with van der Waals surface area (Å²) in [5, 5.41) is 11.2. The molecule has 3 aliphatic rings. The maximum absolute atomic E-state index is 12.3. The van der Waals surface area contributed by atoms with Crippen molar-refractivity contribution < 1.29 is 9.32 Å². The predicted molar refractivity (Wildman–Crippen MR) is 89.4 cm³/mol. The van der Waals surface area contributed by atoms with Gasteiger partial charge in [-0.3, -0.25) is 4.79 Å². The van der Waals surface area contributed by atoms with E-state index in [0.29, 0.717) is 11.6 Å². The first kappa shape index (κ1) is 15.5. The molecule has 0 radical (unpaired) electrons. The summed E-state index contributed by atoms with van der Waals surface area (Å²) in [6.07, 6.45) is 5.79. The molecule has 23 heavy (non-hydrogen) atoms. The van der Waals surface area contributed by atoms with Gasteiger partial charge in [0.25, 0.3) is 5.91 Å². The molecule has 2 saturated heterocycles. The molecule has 2 aliphatic heterocycles. The zero-order valence-electron chi connectivity index (χ0n) is 13.3. The molecular formula is C16H24N4O2S. The molecule has 1 aliphatic carbocycles. The van der Waals surface area contributed by atoms with Gasteiger partial charge < -0.3 is 15.2 Å². The third-order valence-electron chi connectivity index (χ3n) is 4.81. The Morgan fingerprint density at radius 3 is 2.91 bits per heavy atom. The van der Waals surface area contributed by atoms with Gasteiger partial charge in [-0.15, -0.1) is 0 Å². The Morgan fingerprint density at radius 2 is 2.13 bits per heavy atom. The number of hydrogen-bond acceptors (Lipinski definition) is 6. The molecule has 4 rings (SSSR count). The average molecular weight is 336 g/mol. The Hall–Kier alpha value is -1.05. The summed E-state index contributed by atoms with van der Waals surface area (Å²) in [4.78, 5) is 12.3. The second-order valence-electron chi connectivity index (χ2n) is 6.79. The van der Waals surface area contributed by atoms with Crippen molar-refractivity contribution in [1.29, 1.82) is 0 Å². The highest BCUT2D eigenvalue weighted by Crippen LogP contribution is 2.40. The van der Waals surface area contributed by atoms with Gasteiger partial charge in [-0.25, -0.2) is 4.31 Å². The molecule has 2 N–H and O–H groups in total. The average Bonchev–Trinajstić information content (AvgIpc) is 3.13. The van der Waals surface area contributed by atoms with Crippen molar-refractivity contribution in [2.24, 2.45) is 0 Å². The van der Waals surface area contributed by atoms with E-state index >= 15 is 0 Å². The maximum atomic E-state index is 12.3. The van der Waals surface area contributed by atoms with Gasteiger partial charge in [0.05, 0.1) is 0 Å². The molecule has 0 spiro atoms. The van der Waals surface area contributed by atoms with E-state index in [2.05, 4.69) is 20.1 Å². The van der Waals surface area contributed by atoms with Crippen LogP contribution in [0.1, 0.15) is 54.3 Å². The summed E-state index contributed by atoms with van der Waals surface area (Å²) in [5.74, 6) is 1.26. The van der Waals surface area contributed by atoms with Gasteiger partial charge in [-0.05, 0) is 45.2 Å². The smallest absolute Gasteiger partial charge is 0.273 e. The lowest BCUT2D eigenvalue weighted by Gasteiger charge is -2.26. The lowest BCUT2D eigenvalue weighted by Crippen LogP contribution is -2.37. The molecule has 126 valence electrons. The van der Waals surface area contributed by atoms with Gasteiger partial charge in [0.1, 0.15) is 5.76 Å². The first-order valence-electron chi connectivity index (χ1n) is 8.68. The first-order valence-corrected chi connectivity index (χ1v) is 9.51. The Kier molecular flexibility index (Phi) is 4.59. The Bertz CT molecular complexity index is 554. The van der Waals surface area contributed by atoms with Gasteiger partial charge >= 0.3 is 0 Å². The van der Waals surface area contributed by atoms with Gasteiger partial charge in [-0.2, -0.15) is 0 Å². The summed E-state index contributed by atoms with van der Waals surface area (Å²) >= 11 is 1.98. The van der Waals surface area contributed by atoms with E-state index in [1.807, 2.05) is 18.0 Å². The minimum Gasteiger partial charge on any atom is -0.360 e. The standard InChI is InChI=1S/C16H24N4O2S/c21-16(14-9-15(22-19-14)11-1-2-11)18-12-5-8-20(10-12)23-13-3-6-17-7-4-13/h9,11-13,17H,1-8,10H2,(H,18,21). The molecule has 3 fully saturated rings. The van der Waals surface area contributed by atoms with E-state index < -0.39 is 0 Å². The van der Waals surface area contributed by atoms with E-state index in [4.69, 9.17) is 4.52 Å². The molecule has 1 amide bonds. The fourth-order valence-corrected chi connectivity index (χ4v) is 4.61. The Labute approximate surface area is 140 Å².